The van der Waals surface area contributed by atoms with Crippen LogP contribution in [-0.2, 0) is 33.6 Å². The summed E-state index contributed by atoms with van der Waals surface area (Å²) in [5.74, 6) is -1.50. The predicted octanol–water partition coefficient (Wildman–Crippen LogP) is 2.32. The molecule has 0 radical (unpaired) electrons. The molecule has 1 fully saturated rings. The molecule has 1 aliphatic rings. The Hall–Kier alpha value is -3.94. The molecule has 1 aliphatic heterocycles. The largest absolute Gasteiger partial charge is 0.480 e. The van der Waals surface area contributed by atoms with Crippen LogP contribution in [0.5, 0.6) is 0 Å². The molecule has 4 rings (SSSR count). The van der Waals surface area contributed by atoms with E-state index >= 15 is 0 Å². The van der Waals surface area contributed by atoms with Gasteiger partial charge in [-0.25, -0.2) is 9.78 Å². The molecule has 2 aromatic carbocycles. The molecule has 34 heavy (non-hydrogen) atoms. The van der Waals surface area contributed by atoms with Gasteiger partial charge in [0, 0.05) is 44.2 Å². The first-order valence-corrected chi connectivity index (χ1v) is 11.4. The number of nitrogens with one attached hydrogen (secondary N) is 1. The fraction of sp³-hybridized carbons (Fsp3) is 0.308. The number of piperazine rings is 1. The number of carboxylic acids is 1. The molecule has 0 saturated carbocycles. The Bertz CT molecular complexity index is 1100. The van der Waals surface area contributed by atoms with Gasteiger partial charge < -0.3 is 19.9 Å². The van der Waals surface area contributed by atoms with Crippen LogP contribution in [0.4, 0.5) is 0 Å². The third kappa shape index (κ3) is 5.51. The normalized spacial score (nSPS) is 16.9. The second-order valence-corrected chi connectivity index (χ2v) is 8.44. The minimum Gasteiger partial charge on any atom is -0.480 e. The Balaban J connectivity index is 1.55. The van der Waals surface area contributed by atoms with Crippen LogP contribution in [0.2, 0.25) is 0 Å². The van der Waals surface area contributed by atoms with E-state index in [2.05, 4.69) is 9.97 Å². The maximum absolute atomic E-state index is 13.7. The number of H-pyrrole nitrogens is 1. The quantitative estimate of drug-likeness (QED) is 0.510. The highest BCUT2D eigenvalue weighted by molar-refractivity contribution is 5.92. The van der Waals surface area contributed by atoms with Crippen molar-refractivity contribution in [3.63, 3.8) is 0 Å². The number of amides is 2. The predicted molar refractivity (Wildman–Crippen MR) is 126 cm³/mol. The number of imidazole rings is 1. The van der Waals surface area contributed by atoms with Gasteiger partial charge in [-0.05, 0) is 17.5 Å². The first kappa shape index (κ1) is 23.2. The number of aromatic nitrogens is 2. The van der Waals surface area contributed by atoms with Crippen molar-refractivity contribution < 1.29 is 19.5 Å². The molecule has 8 heteroatoms. The number of rotatable bonds is 9. The summed E-state index contributed by atoms with van der Waals surface area (Å²) in [5, 5.41) is 9.96. The lowest BCUT2D eigenvalue weighted by molar-refractivity contribution is -0.160. The molecule has 3 aromatic rings. The van der Waals surface area contributed by atoms with Crippen molar-refractivity contribution in [2.24, 2.45) is 0 Å². The van der Waals surface area contributed by atoms with Crippen molar-refractivity contribution in [1.82, 2.24) is 19.8 Å². The third-order valence-corrected chi connectivity index (χ3v) is 6.21. The Morgan fingerprint density at radius 1 is 1.03 bits per heavy atom. The number of carbonyl (C=O) groups excluding carboxylic acids is 2. The Kier molecular flexibility index (Phi) is 7.37. The standard InChI is InChI=1S/C26H28N4O4/c31-24(12-11-21-17-27-18-28-21)29-13-14-30(23(26(33)34)16-20-9-5-2-6-10-20)25(32)22(29)15-19-7-3-1-4-8-19/h1-10,17-18,22-23H,11-16H2,(H,27,28)(H,33,34)/t22-,23-/m0/s1. The summed E-state index contributed by atoms with van der Waals surface area (Å²) in [6.45, 7) is 0.480. The summed E-state index contributed by atoms with van der Waals surface area (Å²) in [6, 6.07) is 17.1. The van der Waals surface area contributed by atoms with Crippen LogP contribution in [-0.4, -0.2) is 67.8 Å². The summed E-state index contributed by atoms with van der Waals surface area (Å²) in [4.78, 5) is 49.0. The van der Waals surface area contributed by atoms with Crippen LogP contribution in [0.3, 0.4) is 0 Å². The van der Waals surface area contributed by atoms with Gasteiger partial charge in [-0.15, -0.1) is 0 Å². The highest BCUT2D eigenvalue weighted by Crippen LogP contribution is 2.22. The highest BCUT2D eigenvalue weighted by atomic mass is 16.4. The van der Waals surface area contributed by atoms with E-state index in [1.54, 1.807) is 17.4 Å². The molecule has 0 unspecified atom stereocenters. The van der Waals surface area contributed by atoms with E-state index < -0.39 is 18.1 Å². The molecule has 176 valence electrons. The minimum atomic E-state index is -1.05. The van der Waals surface area contributed by atoms with Crippen LogP contribution >= 0.6 is 0 Å². The van der Waals surface area contributed by atoms with Gasteiger partial charge >= 0.3 is 5.97 Å². The zero-order chi connectivity index (χ0) is 23.9. The first-order valence-electron chi connectivity index (χ1n) is 11.4. The fourth-order valence-electron chi connectivity index (χ4n) is 4.42. The average Bonchev–Trinajstić information content (AvgIpc) is 3.37. The Morgan fingerprint density at radius 2 is 1.71 bits per heavy atom. The SMILES string of the molecule is O=C(O)[C@H](Cc1ccccc1)N1CCN(C(=O)CCc2cnc[nH]2)[C@@H](Cc2ccccc2)C1=O. The molecule has 2 N–H and O–H groups in total. The highest BCUT2D eigenvalue weighted by Gasteiger charge is 2.41. The third-order valence-electron chi connectivity index (χ3n) is 6.21. The van der Waals surface area contributed by atoms with E-state index in [0.717, 1.165) is 16.8 Å². The molecule has 1 aromatic heterocycles. The summed E-state index contributed by atoms with van der Waals surface area (Å²) >= 11 is 0. The van der Waals surface area contributed by atoms with E-state index in [1.807, 2.05) is 60.7 Å². The van der Waals surface area contributed by atoms with Gasteiger partial charge in [0.2, 0.25) is 11.8 Å². The lowest BCUT2D eigenvalue weighted by Crippen LogP contribution is -2.63. The number of hydrogen-bond acceptors (Lipinski definition) is 4. The molecule has 8 nitrogen and oxygen atoms in total. The molecule has 1 saturated heterocycles. The van der Waals surface area contributed by atoms with E-state index in [0.29, 0.717) is 19.4 Å². The van der Waals surface area contributed by atoms with Crippen molar-refractivity contribution in [3.8, 4) is 0 Å². The molecular formula is C26H28N4O4. The molecule has 2 heterocycles. The second kappa shape index (κ2) is 10.8. The molecule has 0 bridgehead atoms. The van der Waals surface area contributed by atoms with Crippen LogP contribution in [0.25, 0.3) is 0 Å². The minimum absolute atomic E-state index is 0.126. The first-order chi connectivity index (χ1) is 16.5. The van der Waals surface area contributed by atoms with Gasteiger partial charge in [0.15, 0.2) is 0 Å². The van der Waals surface area contributed by atoms with Gasteiger partial charge in [-0.1, -0.05) is 60.7 Å². The summed E-state index contributed by atoms with van der Waals surface area (Å²) in [7, 11) is 0. The number of nitrogens with zero attached hydrogens (tertiary/aromatic N) is 3. The Morgan fingerprint density at radius 3 is 2.32 bits per heavy atom. The van der Waals surface area contributed by atoms with Gasteiger partial charge in [0.05, 0.1) is 6.33 Å². The fourth-order valence-corrected chi connectivity index (χ4v) is 4.42. The van der Waals surface area contributed by atoms with Crippen molar-refractivity contribution >= 4 is 17.8 Å². The van der Waals surface area contributed by atoms with Crippen molar-refractivity contribution in [1.29, 1.82) is 0 Å². The van der Waals surface area contributed by atoms with E-state index in [4.69, 9.17) is 0 Å². The van der Waals surface area contributed by atoms with Gasteiger partial charge in [-0.3, -0.25) is 9.59 Å². The molecular weight excluding hydrogens is 432 g/mol. The number of carbonyl (C=O) groups is 3. The Labute approximate surface area is 198 Å². The number of aryl methyl sites for hydroxylation is 1. The summed E-state index contributed by atoms with van der Waals surface area (Å²) in [6.07, 6.45) is 4.54. The summed E-state index contributed by atoms with van der Waals surface area (Å²) < 4.78 is 0. The van der Waals surface area contributed by atoms with Gasteiger partial charge in [-0.2, -0.15) is 0 Å². The number of aliphatic carboxylic acids is 1. The van der Waals surface area contributed by atoms with Crippen LogP contribution in [0.1, 0.15) is 23.2 Å². The number of aromatic amines is 1. The monoisotopic (exact) mass is 460 g/mol. The van der Waals surface area contributed by atoms with Gasteiger partial charge in [0.25, 0.3) is 0 Å². The van der Waals surface area contributed by atoms with E-state index in [-0.39, 0.29) is 31.2 Å². The average molecular weight is 461 g/mol. The zero-order valence-electron chi connectivity index (χ0n) is 18.8. The molecule has 2 amide bonds. The summed E-state index contributed by atoms with van der Waals surface area (Å²) in [5.41, 5.74) is 2.62. The second-order valence-electron chi connectivity index (χ2n) is 8.44. The van der Waals surface area contributed by atoms with Crippen molar-refractivity contribution in [2.75, 3.05) is 13.1 Å². The van der Waals surface area contributed by atoms with Crippen LogP contribution < -0.4 is 0 Å². The molecule has 2 atom stereocenters. The van der Waals surface area contributed by atoms with Gasteiger partial charge in [0.1, 0.15) is 12.1 Å². The van der Waals surface area contributed by atoms with Crippen LogP contribution in [0.15, 0.2) is 73.2 Å². The smallest absolute Gasteiger partial charge is 0.326 e. The molecule has 0 spiro atoms. The maximum Gasteiger partial charge on any atom is 0.326 e. The molecule has 0 aliphatic carbocycles. The van der Waals surface area contributed by atoms with E-state index in [9.17, 15) is 19.5 Å². The van der Waals surface area contributed by atoms with E-state index in [1.165, 1.54) is 4.90 Å². The topological polar surface area (TPSA) is 107 Å². The maximum atomic E-state index is 13.7. The lowest BCUT2D eigenvalue weighted by Gasteiger charge is -2.43. The number of benzene rings is 2. The van der Waals surface area contributed by atoms with Crippen LogP contribution in [0, 0.1) is 0 Å². The van der Waals surface area contributed by atoms with Crippen molar-refractivity contribution in [3.05, 3.63) is 90.0 Å². The number of carboxylic acid groups (broad SMARTS) is 1. The lowest BCUT2D eigenvalue weighted by atomic mass is 9.97. The number of hydrogen-bond donors (Lipinski definition) is 2. The van der Waals surface area contributed by atoms with Crippen molar-refractivity contribution in [2.45, 2.75) is 37.8 Å². The zero-order valence-corrected chi connectivity index (χ0v) is 18.8.